The number of ether oxygens (including phenoxy) is 1. The molecular formula is C23H30N2O5. The highest BCUT2D eigenvalue weighted by Gasteiger charge is 2.33. The van der Waals surface area contributed by atoms with E-state index in [-0.39, 0.29) is 17.7 Å². The summed E-state index contributed by atoms with van der Waals surface area (Å²) in [6.07, 6.45) is 0.690. The van der Waals surface area contributed by atoms with Crippen molar-refractivity contribution >= 4 is 17.7 Å². The zero-order valence-corrected chi connectivity index (χ0v) is 17.8. The molecule has 1 N–H and O–H groups in total. The maximum Gasteiger partial charge on any atom is 0.315 e. The van der Waals surface area contributed by atoms with Crippen molar-refractivity contribution in [2.45, 2.75) is 39.7 Å². The van der Waals surface area contributed by atoms with Crippen LogP contribution in [0.25, 0.3) is 0 Å². The highest BCUT2D eigenvalue weighted by Crippen LogP contribution is 2.32. The van der Waals surface area contributed by atoms with E-state index < -0.39 is 5.97 Å². The molecule has 162 valence electrons. The summed E-state index contributed by atoms with van der Waals surface area (Å²) < 4.78 is 7.46. The number of nitrogens with zero attached hydrogens (tertiary/aromatic N) is 2. The highest BCUT2D eigenvalue weighted by molar-refractivity contribution is 6.08. The van der Waals surface area contributed by atoms with Crippen molar-refractivity contribution in [2.75, 3.05) is 26.2 Å². The molecule has 1 aliphatic rings. The first-order chi connectivity index (χ1) is 14.4. The number of carboxylic acid groups (broad SMARTS) is 1. The predicted octanol–water partition coefficient (Wildman–Crippen LogP) is 3.18. The van der Waals surface area contributed by atoms with Crippen LogP contribution in [0.4, 0.5) is 0 Å². The Morgan fingerprint density at radius 1 is 1.10 bits per heavy atom. The van der Waals surface area contributed by atoms with Crippen molar-refractivity contribution in [3.05, 3.63) is 59.4 Å². The van der Waals surface area contributed by atoms with Gasteiger partial charge in [0.2, 0.25) is 5.78 Å². The first-order valence-corrected chi connectivity index (χ1v) is 10.3. The fraction of sp³-hybridized carbons (Fsp3) is 0.435. The van der Waals surface area contributed by atoms with Gasteiger partial charge >= 0.3 is 5.97 Å². The number of rotatable bonds is 8. The van der Waals surface area contributed by atoms with E-state index in [1.165, 1.54) is 0 Å². The normalized spacial score (nSPS) is 14.6. The average Bonchev–Trinajstić information content (AvgIpc) is 3.33. The van der Waals surface area contributed by atoms with E-state index >= 15 is 0 Å². The molecule has 2 heterocycles. The standard InChI is InChI=1S/C21H26N2O3.C2H4O2/c1-3-22(4-2)14-15-26-21(25)17-12-13-23-18(17)10-11-19(23)20(24)16-8-6-5-7-9-16;1-2(3)4/h5-11,17H,3-4,12-15H2,1-2H3;1H3,(H,3,4). The van der Waals surface area contributed by atoms with E-state index in [1.54, 1.807) is 0 Å². The molecule has 1 aromatic carbocycles. The molecule has 0 amide bonds. The minimum absolute atomic E-state index is 0.00704. The van der Waals surface area contributed by atoms with Gasteiger partial charge in [-0.1, -0.05) is 44.2 Å². The summed E-state index contributed by atoms with van der Waals surface area (Å²) in [6, 6.07) is 12.9. The van der Waals surface area contributed by atoms with Gasteiger partial charge in [0, 0.05) is 31.3 Å². The minimum atomic E-state index is -0.833. The fourth-order valence-electron chi connectivity index (χ4n) is 3.53. The maximum absolute atomic E-state index is 12.7. The molecule has 7 nitrogen and oxygen atoms in total. The molecule has 2 aromatic rings. The smallest absolute Gasteiger partial charge is 0.315 e. The lowest BCUT2D eigenvalue weighted by Crippen LogP contribution is -2.28. The summed E-state index contributed by atoms with van der Waals surface area (Å²) in [5, 5.41) is 7.42. The molecule has 7 heteroatoms. The molecule has 0 aliphatic carbocycles. The molecule has 1 aliphatic heterocycles. The molecule has 3 rings (SSSR count). The lowest BCUT2D eigenvalue weighted by Gasteiger charge is -2.18. The largest absolute Gasteiger partial charge is 0.481 e. The van der Waals surface area contributed by atoms with Gasteiger partial charge in [-0.3, -0.25) is 14.4 Å². The number of esters is 1. The third-order valence-corrected chi connectivity index (χ3v) is 5.11. The highest BCUT2D eigenvalue weighted by atomic mass is 16.5. The molecule has 0 saturated carbocycles. The lowest BCUT2D eigenvalue weighted by atomic mass is 10.1. The Hall–Kier alpha value is -2.93. The van der Waals surface area contributed by atoms with Crippen LogP contribution in [0, 0.1) is 0 Å². The zero-order valence-electron chi connectivity index (χ0n) is 17.8. The quantitative estimate of drug-likeness (QED) is 0.527. The number of aromatic nitrogens is 1. The van der Waals surface area contributed by atoms with Crippen LogP contribution in [0.1, 0.15) is 54.9 Å². The monoisotopic (exact) mass is 414 g/mol. The number of aliphatic carboxylic acids is 1. The van der Waals surface area contributed by atoms with E-state index in [2.05, 4.69) is 18.7 Å². The Morgan fingerprint density at radius 2 is 1.73 bits per heavy atom. The number of carbonyl (C=O) groups is 3. The number of hydrogen-bond acceptors (Lipinski definition) is 5. The number of fused-ring (bicyclic) bond motifs is 1. The van der Waals surface area contributed by atoms with Crippen LogP contribution in [-0.4, -0.2) is 58.5 Å². The predicted molar refractivity (Wildman–Crippen MR) is 114 cm³/mol. The molecular weight excluding hydrogens is 384 g/mol. The average molecular weight is 415 g/mol. The Bertz CT molecular complexity index is 852. The van der Waals surface area contributed by atoms with Crippen LogP contribution in [-0.2, 0) is 20.9 Å². The van der Waals surface area contributed by atoms with Gasteiger partial charge in [0.1, 0.15) is 6.61 Å². The van der Waals surface area contributed by atoms with Gasteiger partial charge in [-0.15, -0.1) is 0 Å². The summed E-state index contributed by atoms with van der Waals surface area (Å²) in [5.41, 5.74) is 2.19. The number of carbonyl (C=O) groups excluding carboxylic acids is 2. The summed E-state index contributed by atoms with van der Waals surface area (Å²) >= 11 is 0. The number of likely N-dealkylation sites (N-methyl/N-ethyl adjacent to an activating group) is 1. The van der Waals surface area contributed by atoms with Gasteiger partial charge in [0.25, 0.3) is 5.97 Å². The topological polar surface area (TPSA) is 88.8 Å². The van der Waals surface area contributed by atoms with Gasteiger partial charge in [0.15, 0.2) is 0 Å². The summed E-state index contributed by atoms with van der Waals surface area (Å²) in [4.78, 5) is 36.4. The van der Waals surface area contributed by atoms with Crippen molar-refractivity contribution in [3.8, 4) is 0 Å². The van der Waals surface area contributed by atoms with Crippen LogP contribution in [0.2, 0.25) is 0 Å². The molecule has 0 fully saturated rings. The van der Waals surface area contributed by atoms with Crippen LogP contribution in [0.3, 0.4) is 0 Å². The van der Waals surface area contributed by atoms with E-state index in [0.717, 1.165) is 32.3 Å². The van der Waals surface area contributed by atoms with Crippen LogP contribution in [0.5, 0.6) is 0 Å². The number of ketones is 1. The lowest BCUT2D eigenvalue weighted by molar-refractivity contribution is -0.146. The number of hydrogen-bond donors (Lipinski definition) is 1. The van der Waals surface area contributed by atoms with Crippen LogP contribution in [0.15, 0.2) is 42.5 Å². The molecule has 0 saturated heterocycles. The molecule has 30 heavy (non-hydrogen) atoms. The summed E-state index contributed by atoms with van der Waals surface area (Å²) in [5.74, 6) is -1.30. The zero-order chi connectivity index (χ0) is 22.1. The van der Waals surface area contributed by atoms with Crippen LogP contribution >= 0.6 is 0 Å². The van der Waals surface area contributed by atoms with Crippen molar-refractivity contribution in [3.63, 3.8) is 0 Å². The first kappa shape index (κ1) is 23.3. The van der Waals surface area contributed by atoms with Gasteiger partial charge in [-0.2, -0.15) is 0 Å². The van der Waals surface area contributed by atoms with Gasteiger partial charge in [0.05, 0.1) is 11.6 Å². The Kier molecular flexibility index (Phi) is 8.80. The number of carboxylic acids is 1. The third-order valence-electron chi connectivity index (χ3n) is 5.11. The minimum Gasteiger partial charge on any atom is -0.481 e. The van der Waals surface area contributed by atoms with Gasteiger partial charge < -0.3 is 19.3 Å². The molecule has 0 radical (unpaired) electrons. The molecule has 0 spiro atoms. The summed E-state index contributed by atoms with van der Waals surface area (Å²) in [6.45, 7) is 9.02. The second kappa shape index (κ2) is 11.3. The van der Waals surface area contributed by atoms with Gasteiger partial charge in [-0.05, 0) is 31.6 Å². The van der Waals surface area contributed by atoms with Crippen molar-refractivity contribution in [1.29, 1.82) is 0 Å². The van der Waals surface area contributed by atoms with Gasteiger partial charge in [-0.25, -0.2) is 0 Å². The fourth-order valence-corrected chi connectivity index (χ4v) is 3.53. The molecule has 1 unspecified atom stereocenters. The SMILES string of the molecule is CC(=O)O.CCN(CC)CCOC(=O)C1CCn2c(C(=O)c3ccccc3)ccc21. The van der Waals surface area contributed by atoms with Crippen molar-refractivity contribution in [1.82, 2.24) is 9.47 Å². The molecule has 1 aromatic heterocycles. The maximum atomic E-state index is 12.7. The van der Waals surface area contributed by atoms with Crippen molar-refractivity contribution < 1.29 is 24.2 Å². The first-order valence-electron chi connectivity index (χ1n) is 10.3. The van der Waals surface area contributed by atoms with E-state index in [9.17, 15) is 9.59 Å². The van der Waals surface area contributed by atoms with E-state index in [1.807, 2.05) is 47.0 Å². The second-order valence-corrected chi connectivity index (χ2v) is 7.04. The van der Waals surface area contributed by atoms with Crippen LogP contribution < -0.4 is 0 Å². The van der Waals surface area contributed by atoms with E-state index in [4.69, 9.17) is 14.6 Å². The van der Waals surface area contributed by atoms with E-state index in [0.29, 0.717) is 30.8 Å². The molecule has 0 bridgehead atoms. The number of benzene rings is 1. The molecule has 1 atom stereocenters. The Labute approximate surface area is 177 Å². The Morgan fingerprint density at radius 3 is 2.33 bits per heavy atom. The Balaban J connectivity index is 0.000000735. The second-order valence-electron chi connectivity index (χ2n) is 7.04. The summed E-state index contributed by atoms with van der Waals surface area (Å²) in [7, 11) is 0. The van der Waals surface area contributed by atoms with Crippen molar-refractivity contribution in [2.24, 2.45) is 0 Å². The third kappa shape index (κ3) is 6.03.